The van der Waals surface area contributed by atoms with Crippen LogP contribution in [0.25, 0.3) is 16.6 Å². The molecule has 3 heteroatoms. The summed E-state index contributed by atoms with van der Waals surface area (Å²) in [4.78, 5) is 0. The van der Waals surface area contributed by atoms with E-state index in [0.717, 1.165) is 6.54 Å². The molecule has 0 atom stereocenters. The third-order valence-electron chi connectivity index (χ3n) is 6.00. The number of aryl methyl sites for hydroxylation is 2. The standard InChI is InChI=1S/C22H18BN2/c1-14-6-3-7-15(2)20(14)23-18-10-4-8-16-12-24-13-17-9-5-11-19(23)22(17)25(24)21(16)18/h3-12H,13H2,1-2H3/q+1. The molecule has 2 aliphatic heterocycles. The van der Waals surface area contributed by atoms with Crippen molar-refractivity contribution in [2.24, 2.45) is 0 Å². The lowest BCUT2D eigenvalue weighted by atomic mass is 9.34. The molecule has 0 radical (unpaired) electrons. The van der Waals surface area contributed by atoms with Gasteiger partial charge in [-0.3, -0.25) is 0 Å². The molecule has 118 valence electrons. The van der Waals surface area contributed by atoms with Crippen LogP contribution in [0.5, 0.6) is 0 Å². The molecule has 4 aromatic rings. The van der Waals surface area contributed by atoms with Gasteiger partial charge in [0.25, 0.3) is 0 Å². The third-order valence-corrected chi connectivity index (χ3v) is 6.00. The normalized spacial score (nSPS) is 13.8. The van der Waals surface area contributed by atoms with Crippen LogP contribution in [0.15, 0.2) is 60.8 Å². The Kier molecular flexibility index (Phi) is 2.39. The lowest BCUT2D eigenvalue weighted by Crippen LogP contribution is -2.58. The van der Waals surface area contributed by atoms with Crippen molar-refractivity contribution >= 4 is 34.0 Å². The quantitative estimate of drug-likeness (QED) is 0.322. The average molecular weight is 321 g/mol. The maximum Gasteiger partial charge on any atom is 0.247 e. The second-order valence-electron chi connectivity index (χ2n) is 7.42. The summed E-state index contributed by atoms with van der Waals surface area (Å²) in [5, 5.41) is 1.34. The van der Waals surface area contributed by atoms with E-state index < -0.39 is 0 Å². The van der Waals surface area contributed by atoms with Gasteiger partial charge in [0.15, 0.2) is 6.54 Å². The summed E-state index contributed by atoms with van der Waals surface area (Å²) in [7, 11) is 0. The van der Waals surface area contributed by atoms with Crippen LogP contribution in [0.2, 0.25) is 0 Å². The smallest absolute Gasteiger partial charge is 0.121 e. The second-order valence-corrected chi connectivity index (χ2v) is 7.42. The van der Waals surface area contributed by atoms with Gasteiger partial charge in [-0.25, -0.2) is 0 Å². The Balaban J connectivity index is 1.82. The Morgan fingerprint density at radius 3 is 2.44 bits per heavy atom. The van der Waals surface area contributed by atoms with Gasteiger partial charge in [-0.15, -0.1) is 9.36 Å². The largest absolute Gasteiger partial charge is 0.247 e. The van der Waals surface area contributed by atoms with E-state index in [2.05, 4.69) is 84.0 Å². The zero-order valence-electron chi connectivity index (χ0n) is 14.5. The molecule has 0 aliphatic carbocycles. The van der Waals surface area contributed by atoms with Gasteiger partial charge < -0.3 is 0 Å². The van der Waals surface area contributed by atoms with Crippen LogP contribution in [0.4, 0.5) is 0 Å². The Morgan fingerprint density at radius 1 is 0.880 bits per heavy atom. The number of hydrogen-bond donors (Lipinski definition) is 0. The predicted octanol–water partition coefficient (Wildman–Crippen LogP) is 1.73. The molecule has 0 saturated heterocycles. The molecule has 0 fully saturated rings. The molecule has 2 nitrogen and oxygen atoms in total. The first-order valence-corrected chi connectivity index (χ1v) is 8.96. The lowest BCUT2D eigenvalue weighted by Gasteiger charge is -2.25. The molecule has 0 N–H and O–H groups in total. The van der Waals surface area contributed by atoms with Crippen LogP contribution in [0.1, 0.15) is 16.7 Å². The number of hydrogen-bond acceptors (Lipinski definition) is 0. The van der Waals surface area contributed by atoms with Crippen molar-refractivity contribution < 1.29 is 4.68 Å². The van der Waals surface area contributed by atoms with E-state index in [1.807, 2.05) is 0 Å². The monoisotopic (exact) mass is 321 g/mol. The first-order chi connectivity index (χ1) is 12.2. The van der Waals surface area contributed by atoms with Crippen LogP contribution in [0.3, 0.4) is 0 Å². The Morgan fingerprint density at radius 2 is 1.60 bits per heavy atom. The molecule has 25 heavy (non-hydrogen) atoms. The van der Waals surface area contributed by atoms with E-state index in [0.29, 0.717) is 6.71 Å². The van der Waals surface area contributed by atoms with Crippen LogP contribution in [-0.2, 0) is 6.54 Å². The van der Waals surface area contributed by atoms with Gasteiger partial charge in [0, 0.05) is 5.56 Å². The molecule has 1 aromatic heterocycles. The number of rotatable bonds is 1. The number of benzene rings is 3. The van der Waals surface area contributed by atoms with Gasteiger partial charge in [-0.05, 0) is 30.8 Å². The van der Waals surface area contributed by atoms with Gasteiger partial charge in [-0.1, -0.05) is 65.1 Å². The molecular formula is C22H18BN2+. The molecule has 0 bridgehead atoms. The van der Waals surface area contributed by atoms with E-state index in [4.69, 9.17) is 0 Å². The van der Waals surface area contributed by atoms with Crippen molar-refractivity contribution in [3.63, 3.8) is 0 Å². The van der Waals surface area contributed by atoms with Crippen molar-refractivity contribution in [1.82, 2.24) is 4.68 Å². The van der Waals surface area contributed by atoms with E-state index in [-0.39, 0.29) is 0 Å². The molecule has 2 aliphatic rings. The molecule has 0 spiro atoms. The summed E-state index contributed by atoms with van der Waals surface area (Å²) < 4.78 is 4.81. The highest BCUT2D eigenvalue weighted by Crippen LogP contribution is 2.27. The first-order valence-electron chi connectivity index (χ1n) is 8.96. The Bertz CT molecular complexity index is 1180. The van der Waals surface area contributed by atoms with Crippen LogP contribution >= 0.6 is 0 Å². The molecule has 3 heterocycles. The van der Waals surface area contributed by atoms with Crippen molar-refractivity contribution in [3.05, 3.63) is 77.5 Å². The van der Waals surface area contributed by atoms with E-state index in [9.17, 15) is 0 Å². The van der Waals surface area contributed by atoms with E-state index in [1.54, 1.807) is 0 Å². The topological polar surface area (TPSA) is 8.81 Å². The van der Waals surface area contributed by atoms with Gasteiger partial charge in [-0.2, -0.15) is 0 Å². The maximum absolute atomic E-state index is 2.44. The van der Waals surface area contributed by atoms with Crippen LogP contribution in [-0.4, -0.2) is 11.4 Å². The number of para-hydroxylation sites is 2. The van der Waals surface area contributed by atoms with Gasteiger partial charge in [0.2, 0.25) is 12.9 Å². The summed E-state index contributed by atoms with van der Waals surface area (Å²) in [5.74, 6) is 0. The summed E-state index contributed by atoms with van der Waals surface area (Å²) in [6.45, 7) is 5.78. The molecule has 0 unspecified atom stereocenters. The van der Waals surface area contributed by atoms with Crippen LogP contribution < -0.4 is 21.1 Å². The van der Waals surface area contributed by atoms with Crippen molar-refractivity contribution in [1.29, 1.82) is 0 Å². The molecule has 0 saturated carbocycles. The van der Waals surface area contributed by atoms with Crippen molar-refractivity contribution in [2.45, 2.75) is 20.4 Å². The highest BCUT2D eigenvalue weighted by Gasteiger charge is 2.41. The maximum atomic E-state index is 2.44. The molecule has 3 aromatic carbocycles. The lowest BCUT2D eigenvalue weighted by molar-refractivity contribution is -0.749. The molecular weight excluding hydrogens is 303 g/mol. The minimum absolute atomic E-state index is 0.314. The van der Waals surface area contributed by atoms with Gasteiger partial charge >= 0.3 is 0 Å². The summed E-state index contributed by atoms with van der Waals surface area (Å²) in [6.07, 6.45) is 2.30. The Hall–Kier alpha value is -2.81. The van der Waals surface area contributed by atoms with Gasteiger partial charge in [0.05, 0.1) is 5.39 Å². The predicted molar refractivity (Wildman–Crippen MR) is 103 cm³/mol. The SMILES string of the molecule is Cc1cccc(C)c1B1c2cccc3c2-n2c4c1cccc4c[n+]2C3. The minimum atomic E-state index is 0.314. The highest BCUT2D eigenvalue weighted by atomic mass is 15.4. The Labute approximate surface area is 147 Å². The third kappa shape index (κ3) is 1.54. The summed E-state index contributed by atoms with van der Waals surface area (Å²) >= 11 is 0. The van der Waals surface area contributed by atoms with Crippen molar-refractivity contribution in [2.75, 3.05) is 0 Å². The second kappa shape index (κ2) is 4.43. The zero-order valence-corrected chi connectivity index (χ0v) is 14.5. The highest BCUT2D eigenvalue weighted by molar-refractivity contribution is 6.98. The first kappa shape index (κ1) is 13.5. The average Bonchev–Trinajstić information content (AvgIpc) is 3.13. The van der Waals surface area contributed by atoms with E-state index >= 15 is 0 Å². The fourth-order valence-electron chi connectivity index (χ4n) is 5.03. The molecule has 6 rings (SSSR count). The summed E-state index contributed by atoms with van der Waals surface area (Å²) in [6, 6.07) is 20.3. The van der Waals surface area contributed by atoms with Crippen LogP contribution in [0, 0.1) is 13.8 Å². The summed E-state index contributed by atoms with van der Waals surface area (Å²) in [5.41, 5.74) is 11.3. The van der Waals surface area contributed by atoms with Gasteiger partial charge in [0.1, 0.15) is 11.2 Å². The van der Waals surface area contributed by atoms with Crippen molar-refractivity contribution in [3.8, 4) is 5.69 Å². The van der Waals surface area contributed by atoms with E-state index in [1.165, 1.54) is 49.7 Å². The molecule has 0 amide bonds. The fraction of sp³-hybridized carbons (Fsp3) is 0.136. The fourth-order valence-corrected chi connectivity index (χ4v) is 5.03. The number of nitrogens with zero attached hydrogens (tertiary/aromatic N) is 2. The minimum Gasteiger partial charge on any atom is -0.121 e. The zero-order chi connectivity index (χ0) is 16.7. The number of aromatic nitrogens is 2.